The predicted molar refractivity (Wildman–Crippen MR) is 82.7 cm³/mol. The Hall–Kier alpha value is -1.59. The van der Waals surface area contributed by atoms with E-state index < -0.39 is 0 Å². The first-order valence-corrected chi connectivity index (χ1v) is 6.67. The van der Waals surface area contributed by atoms with Gasteiger partial charge in [-0.3, -0.25) is 4.68 Å². The fourth-order valence-electron chi connectivity index (χ4n) is 1.84. The SMILES string of the molecule is Cn1ccc(CCNc2cccc(Cl)c2C(N)=S)n1. The lowest BCUT2D eigenvalue weighted by atomic mass is 10.1. The smallest absolute Gasteiger partial charge is 0.107 e. The fraction of sp³-hybridized carbons (Fsp3) is 0.231. The number of halogens is 1. The van der Waals surface area contributed by atoms with Gasteiger partial charge >= 0.3 is 0 Å². The van der Waals surface area contributed by atoms with Crippen LogP contribution in [0.25, 0.3) is 0 Å². The van der Waals surface area contributed by atoms with Crippen LogP contribution in [-0.4, -0.2) is 21.3 Å². The molecule has 0 aliphatic rings. The summed E-state index contributed by atoms with van der Waals surface area (Å²) in [6.07, 6.45) is 2.75. The van der Waals surface area contributed by atoms with Gasteiger partial charge < -0.3 is 11.1 Å². The minimum atomic E-state index is 0.297. The van der Waals surface area contributed by atoms with Gasteiger partial charge in [-0.25, -0.2) is 0 Å². The number of aromatic nitrogens is 2. The van der Waals surface area contributed by atoms with Gasteiger partial charge in [0.15, 0.2) is 0 Å². The summed E-state index contributed by atoms with van der Waals surface area (Å²) >= 11 is 11.1. The molecule has 6 heteroatoms. The number of hydrogen-bond acceptors (Lipinski definition) is 3. The number of nitrogens with two attached hydrogens (primary N) is 1. The lowest BCUT2D eigenvalue weighted by Gasteiger charge is -2.12. The average molecular weight is 295 g/mol. The number of nitrogens with zero attached hydrogens (tertiary/aromatic N) is 2. The standard InChI is InChI=1S/C13H15ClN4S/c1-18-8-6-9(17-18)5-7-16-11-4-2-3-10(14)12(11)13(15)19/h2-4,6,8,16H,5,7H2,1H3,(H2,15,19). The summed E-state index contributed by atoms with van der Waals surface area (Å²) in [7, 11) is 1.90. The molecule has 0 unspecified atom stereocenters. The van der Waals surface area contributed by atoms with Crippen LogP contribution in [0.4, 0.5) is 5.69 Å². The third-order valence-electron chi connectivity index (χ3n) is 2.73. The van der Waals surface area contributed by atoms with Crippen molar-refractivity contribution in [1.29, 1.82) is 0 Å². The van der Waals surface area contributed by atoms with Crippen LogP contribution in [0.3, 0.4) is 0 Å². The molecule has 0 fully saturated rings. The molecule has 0 radical (unpaired) electrons. The Bertz CT molecular complexity index is 594. The second kappa shape index (κ2) is 6.04. The number of thiocarbonyl (C=S) groups is 1. The summed E-state index contributed by atoms with van der Waals surface area (Å²) in [5.74, 6) is 0. The first kappa shape index (κ1) is 13.8. The average Bonchev–Trinajstić information content (AvgIpc) is 2.74. The molecule has 1 aromatic heterocycles. The van der Waals surface area contributed by atoms with Crippen molar-refractivity contribution in [3.05, 3.63) is 46.7 Å². The number of aryl methyl sites for hydroxylation is 1. The van der Waals surface area contributed by atoms with Gasteiger partial charge in [-0.2, -0.15) is 5.10 Å². The number of nitrogens with one attached hydrogen (secondary N) is 1. The van der Waals surface area contributed by atoms with Gasteiger partial charge in [-0.1, -0.05) is 29.9 Å². The molecule has 0 saturated carbocycles. The van der Waals surface area contributed by atoms with Crippen molar-refractivity contribution >= 4 is 34.5 Å². The first-order chi connectivity index (χ1) is 9.08. The van der Waals surface area contributed by atoms with Gasteiger partial charge in [0.2, 0.25) is 0 Å². The number of hydrogen-bond donors (Lipinski definition) is 2. The summed E-state index contributed by atoms with van der Waals surface area (Å²) in [5.41, 5.74) is 8.28. The third kappa shape index (κ3) is 3.45. The lowest BCUT2D eigenvalue weighted by Crippen LogP contribution is -2.15. The number of anilines is 1. The van der Waals surface area contributed by atoms with E-state index in [1.807, 2.05) is 31.4 Å². The van der Waals surface area contributed by atoms with E-state index >= 15 is 0 Å². The molecule has 0 aliphatic heterocycles. The summed E-state index contributed by atoms with van der Waals surface area (Å²) < 4.78 is 1.79. The third-order valence-corrected chi connectivity index (χ3v) is 3.24. The second-order valence-electron chi connectivity index (χ2n) is 4.18. The van der Waals surface area contributed by atoms with E-state index in [4.69, 9.17) is 29.6 Å². The van der Waals surface area contributed by atoms with E-state index in [-0.39, 0.29) is 0 Å². The van der Waals surface area contributed by atoms with E-state index in [0.29, 0.717) is 15.6 Å². The van der Waals surface area contributed by atoms with Crippen LogP contribution in [0.15, 0.2) is 30.5 Å². The molecule has 0 spiro atoms. The Morgan fingerprint density at radius 3 is 2.89 bits per heavy atom. The van der Waals surface area contributed by atoms with Crippen molar-refractivity contribution < 1.29 is 0 Å². The van der Waals surface area contributed by atoms with E-state index in [2.05, 4.69) is 10.4 Å². The van der Waals surface area contributed by atoms with Crippen molar-refractivity contribution in [2.45, 2.75) is 6.42 Å². The van der Waals surface area contributed by atoms with Gasteiger partial charge in [0.05, 0.1) is 16.3 Å². The zero-order valence-corrected chi connectivity index (χ0v) is 12.1. The molecular formula is C13H15ClN4S. The Labute approximate surface area is 122 Å². The highest BCUT2D eigenvalue weighted by Crippen LogP contribution is 2.24. The zero-order valence-electron chi connectivity index (χ0n) is 10.6. The molecular weight excluding hydrogens is 280 g/mol. The topological polar surface area (TPSA) is 55.9 Å². The van der Waals surface area contributed by atoms with E-state index in [9.17, 15) is 0 Å². The minimum absolute atomic E-state index is 0.297. The maximum absolute atomic E-state index is 6.10. The molecule has 0 amide bonds. The maximum atomic E-state index is 6.10. The number of benzene rings is 1. The Balaban J connectivity index is 2.03. The monoisotopic (exact) mass is 294 g/mol. The predicted octanol–water partition coefficient (Wildman–Crippen LogP) is 2.36. The molecule has 2 aromatic rings. The Morgan fingerprint density at radius 2 is 2.26 bits per heavy atom. The normalized spacial score (nSPS) is 10.4. The molecule has 0 atom stereocenters. The molecule has 3 N–H and O–H groups in total. The molecule has 19 heavy (non-hydrogen) atoms. The molecule has 1 aromatic carbocycles. The Morgan fingerprint density at radius 1 is 1.47 bits per heavy atom. The number of rotatable bonds is 5. The first-order valence-electron chi connectivity index (χ1n) is 5.88. The summed E-state index contributed by atoms with van der Waals surface area (Å²) in [4.78, 5) is 0.297. The van der Waals surface area contributed by atoms with Gasteiger partial charge in [0.1, 0.15) is 4.99 Å². The van der Waals surface area contributed by atoms with Crippen LogP contribution in [0.1, 0.15) is 11.3 Å². The van der Waals surface area contributed by atoms with Gasteiger partial charge in [-0.05, 0) is 18.2 Å². The molecule has 0 saturated heterocycles. The second-order valence-corrected chi connectivity index (χ2v) is 5.03. The molecule has 1 heterocycles. The van der Waals surface area contributed by atoms with Gasteiger partial charge in [0.25, 0.3) is 0 Å². The van der Waals surface area contributed by atoms with Gasteiger partial charge in [0, 0.05) is 31.9 Å². The molecule has 100 valence electrons. The largest absolute Gasteiger partial charge is 0.389 e. The van der Waals surface area contributed by atoms with Crippen LogP contribution in [0, 0.1) is 0 Å². The van der Waals surface area contributed by atoms with Gasteiger partial charge in [-0.15, -0.1) is 0 Å². The van der Waals surface area contributed by atoms with Crippen LogP contribution < -0.4 is 11.1 Å². The highest BCUT2D eigenvalue weighted by molar-refractivity contribution is 7.80. The summed E-state index contributed by atoms with van der Waals surface area (Å²) in [6, 6.07) is 7.56. The molecule has 4 nitrogen and oxygen atoms in total. The van der Waals surface area contributed by atoms with E-state index in [0.717, 1.165) is 24.3 Å². The summed E-state index contributed by atoms with van der Waals surface area (Å²) in [5, 5.41) is 8.17. The fourth-order valence-corrected chi connectivity index (χ4v) is 2.40. The highest BCUT2D eigenvalue weighted by atomic mass is 35.5. The molecule has 0 aliphatic carbocycles. The van der Waals surface area contributed by atoms with E-state index in [1.54, 1.807) is 10.7 Å². The van der Waals surface area contributed by atoms with Crippen LogP contribution in [0.2, 0.25) is 5.02 Å². The van der Waals surface area contributed by atoms with Crippen molar-refractivity contribution in [3.63, 3.8) is 0 Å². The van der Waals surface area contributed by atoms with Crippen molar-refractivity contribution in [3.8, 4) is 0 Å². The van der Waals surface area contributed by atoms with Crippen LogP contribution in [0.5, 0.6) is 0 Å². The highest BCUT2D eigenvalue weighted by Gasteiger charge is 2.09. The lowest BCUT2D eigenvalue weighted by molar-refractivity contribution is 0.742. The van der Waals surface area contributed by atoms with Crippen LogP contribution in [-0.2, 0) is 13.5 Å². The van der Waals surface area contributed by atoms with Crippen molar-refractivity contribution in [2.75, 3.05) is 11.9 Å². The maximum Gasteiger partial charge on any atom is 0.107 e. The van der Waals surface area contributed by atoms with Crippen molar-refractivity contribution in [1.82, 2.24) is 9.78 Å². The van der Waals surface area contributed by atoms with Crippen LogP contribution >= 0.6 is 23.8 Å². The molecule has 0 bridgehead atoms. The molecule has 2 rings (SSSR count). The zero-order chi connectivity index (χ0) is 13.8. The van der Waals surface area contributed by atoms with E-state index in [1.165, 1.54) is 0 Å². The summed E-state index contributed by atoms with van der Waals surface area (Å²) in [6.45, 7) is 0.743. The van der Waals surface area contributed by atoms with Crippen molar-refractivity contribution in [2.24, 2.45) is 12.8 Å². The quantitative estimate of drug-likeness (QED) is 0.831. The minimum Gasteiger partial charge on any atom is -0.389 e. The Kier molecular flexibility index (Phi) is 4.39.